The second kappa shape index (κ2) is 4.97. The lowest BCUT2D eigenvalue weighted by molar-refractivity contribution is 0.566. The van der Waals surface area contributed by atoms with E-state index in [2.05, 4.69) is 31.8 Å². The Balaban J connectivity index is 2.61. The van der Waals surface area contributed by atoms with E-state index < -0.39 is 0 Å². The van der Waals surface area contributed by atoms with Crippen LogP contribution in [0.5, 0.6) is 0 Å². The van der Waals surface area contributed by atoms with E-state index in [-0.39, 0.29) is 5.41 Å². The Labute approximate surface area is 119 Å². The van der Waals surface area contributed by atoms with Crippen LogP contribution in [0.4, 0.5) is 0 Å². The average molecular weight is 278 g/mol. The van der Waals surface area contributed by atoms with E-state index in [1.54, 1.807) is 0 Å². The lowest BCUT2D eigenvalue weighted by atomic mass is 9.91. The van der Waals surface area contributed by atoms with Gasteiger partial charge in [-0.05, 0) is 31.5 Å². The molecule has 0 amide bonds. The molecule has 2 heterocycles. The summed E-state index contributed by atoms with van der Waals surface area (Å²) in [7, 11) is 0. The van der Waals surface area contributed by atoms with Crippen LogP contribution in [0.2, 0.25) is 0 Å². The molecule has 0 bridgehead atoms. The van der Waals surface area contributed by atoms with Gasteiger partial charge in [-0.2, -0.15) is 0 Å². The van der Waals surface area contributed by atoms with Crippen LogP contribution in [-0.4, -0.2) is 14.5 Å². The van der Waals surface area contributed by atoms with Crippen molar-refractivity contribution in [3.63, 3.8) is 0 Å². The molecule has 0 saturated heterocycles. The van der Waals surface area contributed by atoms with Gasteiger partial charge in [0.05, 0.1) is 5.69 Å². The molecule has 0 atom stereocenters. The highest BCUT2D eigenvalue weighted by atomic mass is 35.5. The molecule has 0 saturated carbocycles. The lowest BCUT2D eigenvalue weighted by Gasteiger charge is -2.20. The zero-order chi connectivity index (χ0) is 14.2. The molecule has 0 fully saturated rings. The van der Waals surface area contributed by atoms with E-state index in [0.29, 0.717) is 5.88 Å². The summed E-state index contributed by atoms with van der Waals surface area (Å²) < 4.78 is 2.01. The van der Waals surface area contributed by atoms with Crippen molar-refractivity contribution in [3.8, 4) is 5.82 Å². The number of aryl methyl sites for hydroxylation is 1. The second-order valence-corrected chi connectivity index (χ2v) is 6.16. The number of nitrogens with zero attached hydrogens (tertiary/aromatic N) is 3. The van der Waals surface area contributed by atoms with Crippen molar-refractivity contribution in [1.82, 2.24) is 14.5 Å². The molecule has 0 aliphatic carbocycles. The van der Waals surface area contributed by atoms with Gasteiger partial charge in [-0.3, -0.25) is 4.57 Å². The van der Waals surface area contributed by atoms with Crippen LogP contribution >= 0.6 is 11.6 Å². The Bertz CT molecular complexity index is 594. The van der Waals surface area contributed by atoms with Gasteiger partial charge in [0.15, 0.2) is 0 Å². The first kappa shape index (κ1) is 14.1. The van der Waals surface area contributed by atoms with Crippen molar-refractivity contribution in [2.24, 2.45) is 0 Å². The molecule has 0 aliphatic heterocycles. The number of hydrogen-bond acceptors (Lipinski definition) is 2. The standard InChI is InChI=1S/C15H20ClN3/c1-10-11(2)19(9-17-10)14-7-12(8-16)6-13(18-14)15(3,4)5/h6-7,9H,8H2,1-5H3. The van der Waals surface area contributed by atoms with E-state index in [0.717, 1.165) is 28.5 Å². The fourth-order valence-corrected chi connectivity index (χ4v) is 2.04. The van der Waals surface area contributed by atoms with Crippen LogP contribution in [0.25, 0.3) is 5.82 Å². The molecule has 0 N–H and O–H groups in total. The van der Waals surface area contributed by atoms with Gasteiger partial charge >= 0.3 is 0 Å². The summed E-state index contributed by atoms with van der Waals surface area (Å²) in [5.41, 5.74) is 4.27. The molecular weight excluding hydrogens is 258 g/mol. The van der Waals surface area contributed by atoms with Crippen LogP contribution in [-0.2, 0) is 11.3 Å². The summed E-state index contributed by atoms with van der Waals surface area (Å²) in [5.74, 6) is 1.38. The number of aromatic nitrogens is 3. The number of alkyl halides is 1. The minimum Gasteiger partial charge on any atom is -0.287 e. The molecule has 2 rings (SSSR count). The van der Waals surface area contributed by atoms with Gasteiger partial charge in [-0.15, -0.1) is 11.6 Å². The van der Waals surface area contributed by atoms with Gasteiger partial charge in [0.25, 0.3) is 0 Å². The third kappa shape index (κ3) is 2.81. The lowest BCUT2D eigenvalue weighted by Crippen LogP contribution is -2.15. The summed E-state index contributed by atoms with van der Waals surface area (Å²) in [6.07, 6.45) is 1.82. The highest BCUT2D eigenvalue weighted by molar-refractivity contribution is 6.17. The molecular formula is C15H20ClN3. The van der Waals surface area contributed by atoms with Gasteiger partial charge in [0.1, 0.15) is 12.1 Å². The van der Waals surface area contributed by atoms with Gasteiger partial charge in [0.2, 0.25) is 0 Å². The van der Waals surface area contributed by atoms with E-state index >= 15 is 0 Å². The molecule has 19 heavy (non-hydrogen) atoms. The zero-order valence-electron chi connectivity index (χ0n) is 12.2. The first-order valence-corrected chi connectivity index (χ1v) is 6.94. The predicted octanol–water partition coefficient (Wildman–Crippen LogP) is 3.92. The van der Waals surface area contributed by atoms with Crippen LogP contribution in [0.1, 0.15) is 43.4 Å². The smallest absolute Gasteiger partial charge is 0.138 e. The van der Waals surface area contributed by atoms with E-state index in [1.165, 1.54) is 0 Å². The molecule has 0 unspecified atom stereocenters. The topological polar surface area (TPSA) is 30.7 Å². The highest BCUT2D eigenvalue weighted by Crippen LogP contribution is 2.24. The number of pyridine rings is 1. The third-order valence-electron chi connectivity index (χ3n) is 3.29. The number of halogens is 1. The second-order valence-electron chi connectivity index (χ2n) is 5.89. The Morgan fingerprint density at radius 1 is 1.21 bits per heavy atom. The molecule has 0 aromatic carbocycles. The van der Waals surface area contributed by atoms with E-state index in [1.807, 2.05) is 30.8 Å². The third-order valence-corrected chi connectivity index (χ3v) is 3.60. The van der Waals surface area contributed by atoms with Gasteiger partial charge in [0, 0.05) is 22.7 Å². The minimum atomic E-state index is 0.000347. The quantitative estimate of drug-likeness (QED) is 0.779. The molecule has 2 aromatic heterocycles. The summed E-state index contributed by atoms with van der Waals surface area (Å²) in [4.78, 5) is 9.09. The van der Waals surface area contributed by atoms with E-state index in [9.17, 15) is 0 Å². The summed E-state index contributed by atoms with van der Waals surface area (Å²) in [6, 6.07) is 4.10. The molecule has 2 aromatic rings. The summed E-state index contributed by atoms with van der Waals surface area (Å²) >= 11 is 6.00. The van der Waals surface area contributed by atoms with Crippen LogP contribution in [0.3, 0.4) is 0 Å². The van der Waals surface area contributed by atoms with Gasteiger partial charge in [-0.1, -0.05) is 20.8 Å². The van der Waals surface area contributed by atoms with Crippen molar-refractivity contribution in [3.05, 3.63) is 41.1 Å². The molecule has 0 aliphatic rings. The Morgan fingerprint density at radius 3 is 2.37 bits per heavy atom. The Morgan fingerprint density at radius 2 is 1.89 bits per heavy atom. The fraction of sp³-hybridized carbons (Fsp3) is 0.467. The maximum Gasteiger partial charge on any atom is 0.138 e. The predicted molar refractivity (Wildman–Crippen MR) is 79.1 cm³/mol. The largest absolute Gasteiger partial charge is 0.287 e. The first-order valence-electron chi connectivity index (χ1n) is 6.41. The normalized spacial score (nSPS) is 11.9. The monoisotopic (exact) mass is 277 g/mol. The van der Waals surface area contributed by atoms with Gasteiger partial charge in [-0.25, -0.2) is 9.97 Å². The summed E-state index contributed by atoms with van der Waals surface area (Å²) in [6.45, 7) is 10.5. The first-order chi connectivity index (χ1) is 8.82. The Kier molecular flexibility index (Phi) is 3.68. The van der Waals surface area contributed by atoms with Crippen molar-refractivity contribution in [2.75, 3.05) is 0 Å². The van der Waals surface area contributed by atoms with Gasteiger partial charge < -0.3 is 0 Å². The van der Waals surface area contributed by atoms with Crippen molar-refractivity contribution >= 4 is 11.6 Å². The number of hydrogen-bond donors (Lipinski definition) is 0. The maximum absolute atomic E-state index is 6.00. The molecule has 3 nitrogen and oxygen atoms in total. The molecule has 0 spiro atoms. The van der Waals surface area contributed by atoms with Crippen LogP contribution < -0.4 is 0 Å². The molecule has 0 radical (unpaired) electrons. The van der Waals surface area contributed by atoms with Crippen LogP contribution in [0.15, 0.2) is 18.5 Å². The molecule has 102 valence electrons. The number of imidazole rings is 1. The zero-order valence-corrected chi connectivity index (χ0v) is 12.9. The highest BCUT2D eigenvalue weighted by Gasteiger charge is 2.18. The maximum atomic E-state index is 6.00. The number of rotatable bonds is 2. The van der Waals surface area contributed by atoms with Crippen molar-refractivity contribution < 1.29 is 0 Å². The van der Waals surface area contributed by atoms with Crippen LogP contribution in [0, 0.1) is 13.8 Å². The molecule has 4 heteroatoms. The SMILES string of the molecule is Cc1ncn(-c2cc(CCl)cc(C(C)(C)C)n2)c1C. The fourth-order valence-electron chi connectivity index (χ4n) is 1.89. The van der Waals surface area contributed by atoms with E-state index in [4.69, 9.17) is 16.6 Å². The van der Waals surface area contributed by atoms with Crippen molar-refractivity contribution in [1.29, 1.82) is 0 Å². The average Bonchev–Trinajstić information content (AvgIpc) is 2.68. The minimum absolute atomic E-state index is 0.000347. The Hall–Kier alpha value is -1.35. The van der Waals surface area contributed by atoms with Crippen molar-refractivity contribution in [2.45, 2.75) is 45.9 Å². The summed E-state index contributed by atoms with van der Waals surface area (Å²) in [5, 5.41) is 0.